The fourth-order valence-electron chi connectivity index (χ4n) is 3.14. The summed E-state index contributed by atoms with van der Waals surface area (Å²) in [5.74, 6) is 1.04. The van der Waals surface area contributed by atoms with Gasteiger partial charge in [-0.25, -0.2) is 4.98 Å². The van der Waals surface area contributed by atoms with Crippen LogP contribution in [0.5, 0.6) is 5.75 Å². The molecule has 1 aromatic heterocycles. The number of methoxy groups -OCH3 is 1. The lowest BCUT2D eigenvalue weighted by molar-refractivity contribution is 0.0947. The number of carbonyl (C=O) groups is 1. The monoisotopic (exact) mass is 367 g/mol. The van der Waals surface area contributed by atoms with Crippen molar-refractivity contribution < 1.29 is 18.7 Å². The summed E-state index contributed by atoms with van der Waals surface area (Å²) in [4.78, 5) is 19.1. The van der Waals surface area contributed by atoms with E-state index in [2.05, 4.69) is 15.2 Å². The lowest BCUT2D eigenvalue weighted by atomic mass is 10.1. The van der Waals surface area contributed by atoms with Crippen LogP contribution in [-0.4, -0.2) is 44.3 Å². The van der Waals surface area contributed by atoms with Gasteiger partial charge in [-0.2, -0.15) is 0 Å². The molecule has 1 amide bonds. The van der Waals surface area contributed by atoms with Crippen molar-refractivity contribution in [2.24, 2.45) is 0 Å². The molecule has 1 saturated heterocycles. The summed E-state index contributed by atoms with van der Waals surface area (Å²) >= 11 is 0. The lowest BCUT2D eigenvalue weighted by Crippen LogP contribution is -2.36. The van der Waals surface area contributed by atoms with E-state index < -0.39 is 0 Å². The summed E-state index contributed by atoms with van der Waals surface area (Å²) in [5, 5.41) is 2.86. The smallest absolute Gasteiger partial charge is 0.251 e. The molecule has 0 aliphatic carbocycles. The van der Waals surface area contributed by atoms with Gasteiger partial charge in [-0.15, -0.1) is 0 Å². The highest BCUT2D eigenvalue weighted by Gasteiger charge is 2.18. The molecule has 0 radical (unpaired) electrons. The van der Waals surface area contributed by atoms with Gasteiger partial charge in [-0.05, 0) is 30.3 Å². The summed E-state index contributed by atoms with van der Waals surface area (Å²) < 4.78 is 16.5. The number of hydrogen-bond donors (Lipinski definition) is 1. The van der Waals surface area contributed by atoms with Gasteiger partial charge in [0.1, 0.15) is 11.3 Å². The molecular weight excluding hydrogens is 346 g/mol. The average molecular weight is 367 g/mol. The van der Waals surface area contributed by atoms with Crippen LogP contribution in [0.1, 0.15) is 16.2 Å². The molecule has 1 aliphatic rings. The van der Waals surface area contributed by atoms with Crippen molar-refractivity contribution in [3.8, 4) is 5.75 Å². The van der Waals surface area contributed by atoms with Crippen LogP contribution in [0, 0.1) is 0 Å². The number of aromatic nitrogens is 1. The summed E-state index contributed by atoms with van der Waals surface area (Å²) in [5.41, 5.74) is 2.95. The average Bonchev–Trinajstić information content (AvgIpc) is 3.15. The molecule has 0 spiro atoms. The zero-order valence-corrected chi connectivity index (χ0v) is 15.1. The maximum Gasteiger partial charge on any atom is 0.251 e. The number of hydrogen-bond acceptors (Lipinski definition) is 6. The van der Waals surface area contributed by atoms with Gasteiger partial charge < -0.3 is 24.1 Å². The van der Waals surface area contributed by atoms with Crippen molar-refractivity contribution in [1.82, 2.24) is 10.3 Å². The zero-order chi connectivity index (χ0) is 18.6. The molecule has 2 aromatic carbocycles. The Hall–Kier alpha value is -3.06. The fourth-order valence-corrected chi connectivity index (χ4v) is 3.14. The Morgan fingerprint density at radius 1 is 1.22 bits per heavy atom. The van der Waals surface area contributed by atoms with Crippen molar-refractivity contribution in [2.45, 2.75) is 6.54 Å². The summed E-state index contributed by atoms with van der Waals surface area (Å²) in [6, 6.07) is 12.9. The Balaban J connectivity index is 1.49. The van der Waals surface area contributed by atoms with Crippen LogP contribution in [0.25, 0.3) is 11.1 Å². The second-order valence-electron chi connectivity index (χ2n) is 6.24. The number of nitrogens with one attached hydrogen (secondary N) is 1. The van der Waals surface area contributed by atoms with E-state index in [-0.39, 0.29) is 12.5 Å². The van der Waals surface area contributed by atoms with Crippen LogP contribution < -0.4 is 15.0 Å². The van der Waals surface area contributed by atoms with Crippen molar-refractivity contribution in [1.29, 1.82) is 0 Å². The van der Waals surface area contributed by atoms with Crippen molar-refractivity contribution >= 4 is 22.7 Å². The van der Waals surface area contributed by atoms with Gasteiger partial charge in [0.05, 0.1) is 32.6 Å². The number of oxazole rings is 1. The molecule has 7 heteroatoms. The second kappa shape index (κ2) is 7.67. The summed E-state index contributed by atoms with van der Waals surface area (Å²) in [6.45, 7) is 3.09. The number of amides is 1. The van der Waals surface area contributed by atoms with Crippen LogP contribution >= 0.6 is 0 Å². The largest absolute Gasteiger partial charge is 0.495 e. The van der Waals surface area contributed by atoms with Crippen LogP contribution in [0.15, 0.2) is 46.9 Å². The zero-order valence-electron chi connectivity index (χ0n) is 15.1. The first-order valence-electron chi connectivity index (χ1n) is 8.88. The minimum absolute atomic E-state index is 0.186. The Morgan fingerprint density at radius 3 is 2.81 bits per heavy atom. The number of carbonyl (C=O) groups excluding carboxylic acids is 1. The third kappa shape index (κ3) is 3.73. The quantitative estimate of drug-likeness (QED) is 0.747. The van der Waals surface area contributed by atoms with E-state index in [1.165, 1.54) is 0 Å². The van der Waals surface area contributed by atoms with Crippen molar-refractivity contribution in [3.63, 3.8) is 0 Å². The summed E-state index contributed by atoms with van der Waals surface area (Å²) in [6.07, 6.45) is 0. The second-order valence-corrected chi connectivity index (χ2v) is 6.24. The normalized spacial score (nSPS) is 14.3. The van der Waals surface area contributed by atoms with E-state index in [0.29, 0.717) is 30.3 Å². The Morgan fingerprint density at radius 2 is 2.04 bits per heavy atom. The minimum Gasteiger partial charge on any atom is -0.495 e. The molecule has 0 unspecified atom stereocenters. The first kappa shape index (κ1) is 17.4. The number of rotatable bonds is 5. The number of nitrogens with zero attached hydrogens (tertiary/aromatic N) is 2. The number of benzene rings is 2. The summed E-state index contributed by atoms with van der Waals surface area (Å²) in [7, 11) is 1.63. The Kier molecular flexibility index (Phi) is 4.93. The number of morpholine rings is 1. The highest BCUT2D eigenvalue weighted by molar-refractivity contribution is 5.95. The van der Waals surface area contributed by atoms with Gasteiger partial charge in [0.25, 0.3) is 5.91 Å². The molecule has 1 aliphatic heterocycles. The Labute approximate surface area is 156 Å². The van der Waals surface area contributed by atoms with Crippen molar-refractivity contribution in [3.05, 3.63) is 53.9 Å². The van der Waals surface area contributed by atoms with Crippen LogP contribution in [0.4, 0.5) is 5.69 Å². The number of para-hydroxylation sites is 2. The maximum atomic E-state index is 12.6. The first-order valence-corrected chi connectivity index (χ1v) is 8.88. The number of anilines is 1. The van der Waals surface area contributed by atoms with E-state index in [4.69, 9.17) is 13.9 Å². The fraction of sp³-hybridized carbons (Fsp3) is 0.300. The van der Waals surface area contributed by atoms with Gasteiger partial charge in [0.15, 0.2) is 5.58 Å². The lowest BCUT2D eigenvalue weighted by Gasteiger charge is -2.30. The van der Waals surface area contributed by atoms with Gasteiger partial charge >= 0.3 is 0 Å². The van der Waals surface area contributed by atoms with Gasteiger partial charge in [0, 0.05) is 18.7 Å². The Bertz CT molecular complexity index is 914. The van der Waals surface area contributed by atoms with Crippen LogP contribution in [0.3, 0.4) is 0 Å². The molecule has 140 valence electrons. The number of ether oxygens (including phenoxy) is 2. The van der Waals surface area contributed by atoms with Crippen LogP contribution in [0.2, 0.25) is 0 Å². The third-order valence-electron chi connectivity index (χ3n) is 4.53. The van der Waals surface area contributed by atoms with Gasteiger partial charge in [-0.3, -0.25) is 4.79 Å². The molecule has 3 aromatic rings. The third-order valence-corrected chi connectivity index (χ3v) is 4.53. The van der Waals surface area contributed by atoms with Crippen molar-refractivity contribution in [2.75, 3.05) is 38.3 Å². The maximum absolute atomic E-state index is 12.6. The van der Waals surface area contributed by atoms with E-state index in [9.17, 15) is 4.79 Å². The number of fused-ring (bicyclic) bond motifs is 1. The van der Waals surface area contributed by atoms with E-state index in [1.807, 2.05) is 36.4 Å². The molecule has 0 bridgehead atoms. The molecule has 4 rings (SSSR count). The van der Waals surface area contributed by atoms with E-state index in [0.717, 1.165) is 30.0 Å². The molecule has 2 heterocycles. The van der Waals surface area contributed by atoms with Gasteiger partial charge in [-0.1, -0.05) is 12.1 Å². The molecule has 7 nitrogen and oxygen atoms in total. The van der Waals surface area contributed by atoms with Gasteiger partial charge in [0.2, 0.25) is 5.89 Å². The van der Waals surface area contributed by atoms with Crippen LogP contribution in [-0.2, 0) is 11.3 Å². The molecule has 0 atom stereocenters. The molecular formula is C20H21N3O4. The highest BCUT2D eigenvalue weighted by Crippen LogP contribution is 2.30. The molecule has 27 heavy (non-hydrogen) atoms. The molecule has 0 saturated carbocycles. The predicted octanol–water partition coefficient (Wildman–Crippen LogP) is 2.60. The first-order chi connectivity index (χ1) is 13.2. The minimum atomic E-state index is -0.186. The topological polar surface area (TPSA) is 76.8 Å². The SMILES string of the molecule is COc1ccc(C(=O)NCc2nc3ccccc3o2)cc1N1CCOCC1. The van der Waals surface area contributed by atoms with E-state index >= 15 is 0 Å². The molecule has 1 fully saturated rings. The molecule has 1 N–H and O–H groups in total. The highest BCUT2D eigenvalue weighted by atomic mass is 16.5. The standard InChI is InChI=1S/C20H21N3O4/c1-25-18-7-6-14(12-16(18)23-8-10-26-11-9-23)20(24)21-13-19-22-15-4-2-3-5-17(15)27-19/h2-7,12H,8-11,13H2,1H3,(H,21,24). The van der Waals surface area contributed by atoms with E-state index in [1.54, 1.807) is 13.2 Å². The predicted molar refractivity (Wildman–Crippen MR) is 101 cm³/mol.